The minimum atomic E-state index is -0.215. The number of thioether (sulfide) groups is 2. The normalized spacial score (nSPS) is 17.0. The smallest absolute Gasteiger partial charge is 0.137 e. The van der Waals surface area contributed by atoms with Gasteiger partial charge in [-0.1, -0.05) is 18.2 Å². The molecule has 0 bridgehead atoms. The van der Waals surface area contributed by atoms with Crippen LogP contribution >= 0.6 is 39.5 Å². The van der Waals surface area contributed by atoms with Crippen molar-refractivity contribution in [1.29, 1.82) is 0 Å². The summed E-state index contributed by atoms with van der Waals surface area (Å²) in [5, 5.41) is 0. The maximum Gasteiger partial charge on any atom is 0.137 e. The molecule has 1 heterocycles. The van der Waals surface area contributed by atoms with Gasteiger partial charge in [-0.05, 0) is 69.2 Å². The molecule has 0 saturated carbocycles. The van der Waals surface area contributed by atoms with E-state index in [2.05, 4.69) is 28.1 Å². The van der Waals surface area contributed by atoms with Gasteiger partial charge in [-0.3, -0.25) is 0 Å². The monoisotopic (exact) mass is 412 g/mol. The van der Waals surface area contributed by atoms with Crippen LogP contribution in [0.15, 0.2) is 46.9 Å². The van der Waals surface area contributed by atoms with Crippen LogP contribution < -0.4 is 4.74 Å². The van der Waals surface area contributed by atoms with Gasteiger partial charge in [0.05, 0.1) is 15.7 Å². The van der Waals surface area contributed by atoms with Crippen LogP contribution in [0.1, 0.15) is 17.5 Å². The Balaban J connectivity index is 1.97. The fourth-order valence-electron chi connectivity index (χ4n) is 2.72. The SMILES string of the molecule is COc1cccc(C2(Cc3ccc(F)c(Br)c3)SCCCS2)c1. The second kappa shape index (κ2) is 7.49. The maximum atomic E-state index is 13.5. The summed E-state index contributed by atoms with van der Waals surface area (Å²) in [7, 11) is 1.70. The molecule has 0 aromatic heterocycles. The molecule has 122 valence electrons. The van der Waals surface area contributed by atoms with Crippen molar-refractivity contribution in [3.63, 3.8) is 0 Å². The van der Waals surface area contributed by atoms with Crippen molar-refractivity contribution in [2.24, 2.45) is 0 Å². The van der Waals surface area contributed by atoms with Crippen molar-refractivity contribution < 1.29 is 9.13 Å². The number of hydrogen-bond donors (Lipinski definition) is 0. The molecule has 1 nitrogen and oxygen atoms in total. The lowest BCUT2D eigenvalue weighted by Crippen LogP contribution is -2.25. The van der Waals surface area contributed by atoms with Gasteiger partial charge in [0.1, 0.15) is 11.6 Å². The predicted molar refractivity (Wildman–Crippen MR) is 102 cm³/mol. The zero-order chi connectivity index (χ0) is 16.3. The van der Waals surface area contributed by atoms with Crippen molar-refractivity contribution >= 4 is 39.5 Å². The first-order chi connectivity index (χ1) is 11.1. The van der Waals surface area contributed by atoms with Crippen LogP contribution in [0.5, 0.6) is 5.75 Å². The van der Waals surface area contributed by atoms with Gasteiger partial charge in [-0.15, -0.1) is 23.5 Å². The second-order valence-corrected chi connectivity index (χ2v) is 9.36. The van der Waals surface area contributed by atoms with Crippen LogP contribution in [0.2, 0.25) is 0 Å². The van der Waals surface area contributed by atoms with E-state index in [0.29, 0.717) is 4.47 Å². The topological polar surface area (TPSA) is 9.23 Å². The lowest BCUT2D eigenvalue weighted by atomic mass is 10.0. The van der Waals surface area contributed by atoms with Gasteiger partial charge >= 0.3 is 0 Å². The number of halogens is 2. The standard InChI is InChI=1S/C18H18BrFOS2/c1-21-15-5-2-4-14(11-15)18(22-8-3-9-23-18)12-13-6-7-17(20)16(19)10-13/h2,4-7,10-11H,3,8-9,12H2,1H3. The lowest BCUT2D eigenvalue weighted by molar-refractivity contribution is 0.414. The van der Waals surface area contributed by atoms with Crippen molar-refractivity contribution in [3.8, 4) is 5.75 Å². The van der Waals surface area contributed by atoms with Crippen LogP contribution in [0.3, 0.4) is 0 Å². The average molecular weight is 413 g/mol. The third-order valence-corrected chi connectivity index (χ3v) is 7.88. The quantitative estimate of drug-likeness (QED) is 0.621. The van der Waals surface area contributed by atoms with Crippen LogP contribution in [0.4, 0.5) is 4.39 Å². The van der Waals surface area contributed by atoms with Gasteiger partial charge in [0.2, 0.25) is 0 Å². The molecule has 0 N–H and O–H groups in total. The molecule has 23 heavy (non-hydrogen) atoms. The molecule has 1 fully saturated rings. The van der Waals surface area contributed by atoms with E-state index < -0.39 is 0 Å². The van der Waals surface area contributed by atoms with E-state index in [9.17, 15) is 4.39 Å². The highest BCUT2D eigenvalue weighted by molar-refractivity contribution is 9.10. The molecule has 0 unspecified atom stereocenters. The van der Waals surface area contributed by atoms with Gasteiger partial charge in [0.25, 0.3) is 0 Å². The number of methoxy groups -OCH3 is 1. The first-order valence-corrected chi connectivity index (χ1v) is 10.3. The van der Waals surface area contributed by atoms with E-state index in [0.717, 1.165) is 29.2 Å². The molecule has 0 radical (unpaired) electrons. The molecule has 5 heteroatoms. The van der Waals surface area contributed by atoms with Crippen LogP contribution in [0, 0.1) is 5.82 Å². The Kier molecular flexibility index (Phi) is 5.60. The molecular formula is C18H18BrFOS2. The van der Waals surface area contributed by atoms with Gasteiger partial charge < -0.3 is 4.74 Å². The molecule has 0 amide bonds. The summed E-state index contributed by atoms with van der Waals surface area (Å²) in [4.78, 5) is 0. The first kappa shape index (κ1) is 17.2. The number of benzene rings is 2. The molecule has 0 atom stereocenters. The molecule has 3 rings (SSSR count). The molecule has 1 aliphatic rings. The van der Waals surface area contributed by atoms with E-state index in [1.807, 2.05) is 47.8 Å². The Morgan fingerprint density at radius 1 is 1.17 bits per heavy atom. The molecule has 1 aliphatic heterocycles. The predicted octanol–water partition coefficient (Wildman–Crippen LogP) is 5.86. The molecule has 0 spiro atoms. The zero-order valence-corrected chi connectivity index (χ0v) is 16.1. The minimum Gasteiger partial charge on any atom is -0.497 e. The van der Waals surface area contributed by atoms with E-state index in [-0.39, 0.29) is 9.90 Å². The number of hydrogen-bond acceptors (Lipinski definition) is 3. The van der Waals surface area contributed by atoms with Gasteiger partial charge in [-0.25, -0.2) is 4.39 Å². The summed E-state index contributed by atoms with van der Waals surface area (Å²) in [6.07, 6.45) is 2.10. The first-order valence-electron chi connectivity index (χ1n) is 7.49. The van der Waals surface area contributed by atoms with Gasteiger partial charge in [-0.2, -0.15) is 0 Å². The van der Waals surface area contributed by atoms with E-state index >= 15 is 0 Å². The Morgan fingerprint density at radius 3 is 2.65 bits per heavy atom. The zero-order valence-electron chi connectivity index (χ0n) is 12.9. The fourth-order valence-corrected chi connectivity index (χ4v) is 6.53. The summed E-state index contributed by atoms with van der Waals surface area (Å²) in [5.74, 6) is 2.96. The van der Waals surface area contributed by atoms with Gasteiger partial charge in [0.15, 0.2) is 0 Å². The third-order valence-electron chi connectivity index (χ3n) is 3.89. The summed E-state index contributed by atoms with van der Waals surface area (Å²) in [5.41, 5.74) is 2.41. The van der Waals surface area contributed by atoms with Crippen molar-refractivity contribution in [1.82, 2.24) is 0 Å². The van der Waals surface area contributed by atoms with Crippen LogP contribution in [-0.4, -0.2) is 18.6 Å². The van der Waals surface area contributed by atoms with E-state index in [1.165, 1.54) is 18.1 Å². The lowest BCUT2D eigenvalue weighted by Gasteiger charge is -2.37. The second-order valence-electron chi connectivity index (χ2n) is 5.46. The highest BCUT2D eigenvalue weighted by atomic mass is 79.9. The van der Waals surface area contributed by atoms with E-state index in [1.54, 1.807) is 7.11 Å². The Morgan fingerprint density at radius 2 is 1.96 bits per heavy atom. The number of ether oxygens (including phenoxy) is 1. The van der Waals surface area contributed by atoms with Gasteiger partial charge in [0, 0.05) is 6.42 Å². The summed E-state index contributed by atoms with van der Waals surface area (Å²) < 4.78 is 19.4. The Hall–Kier alpha value is -0.650. The molecule has 2 aromatic rings. The third kappa shape index (κ3) is 3.89. The Labute approximate surface area is 153 Å². The van der Waals surface area contributed by atoms with Crippen molar-refractivity contribution in [2.45, 2.75) is 16.9 Å². The maximum absolute atomic E-state index is 13.5. The largest absolute Gasteiger partial charge is 0.497 e. The molecular weight excluding hydrogens is 395 g/mol. The Bertz CT molecular complexity index is 686. The van der Waals surface area contributed by atoms with Crippen LogP contribution in [-0.2, 0) is 10.5 Å². The highest BCUT2D eigenvalue weighted by Gasteiger charge is 2.36. The van der Waals surface area contributed by atoms with Crippen molar-refractivity contribution in [2.75, 3.05) is 18.6 Å². The van der Waals surface area contributed by atoms with E-state index in [4.69, 9.17) is 4.74 Å². The molecule has 2 aromatic carbocycles. The summed E-state index contributed by atoms with van der Waals surface area (Å²) >= 11 is 7.27. The number of rotatable bonds is 4. The average Bonchev–Trinajstić information content (AvgIpc) is 2.59. The molecule has 1 saturated heterocycles. The summed E-state index contributed by atoms with van der Waals surface area (Å²) in [6, 6.07) is 13.6. The van der Waals surface area contributed by atoms with Crippen LogP contribution in [0.25, 0.3) is 0 Å². The highest BCUT2D eigenvalue weighted by Crippen LogP contribution is 2.52. The molecule has 0 aliphatic carbocycles. The van der Waals surface area contributed by atoms with Crippen molar-refractivity contribution in [3.05, 3.63) is 63.9 Å². The summed E-state index contributed by atoms with van der Waals surface area (Å²) in [6.45, 7) is 0. The minimum absolute atomic E-state index is 0.0376. The fraction of sp³-hybridized carbons (Fsp3) is 0.333.